The molecule has 2 N–H and O–H groups in total. The van der Waals surface area contributed by atoms with Crippen molar-refractivity contribution >= 4 is 29.9 Å². The molecule has 20 heavy (non-hydrogen) atoms. The second-order valence-corrected chi connectivity index (χ2v) is 5.19. The number of nitrogens with zero attached hydrogens (tertiary/aromatic N) is 2. The molecule has 0 aromatic heterocycles. The number of methoxy groups -OCH3 is 1. The maximum absolute atomic E-state index is 5.01. The molecule has 0 spiro atoms. The van der Waals surface area contributed by atoms with Gasteiger partial charge >= 0.3 is 0 Å². The molecule has 5 nitrogen and oxygen atoms in total. The highest BCUT2D eigenvalue weighted by molar-refractivity contribution is 14.0. The van der Waals surface area contributed by atoms with E-state index >= 15 is 0 Å². The van der Waals surface area contributed by atoms with E-state index < -0.39 is 0 Å². The number of likely N-dealkylation sites (N-methyl/N-ethyl adjacent to an activating group) is 1. The molecular weight excluding hydrogens is 367 g/mol. The Morgan fingerprint density at radius 2 is 1.85 bits per heavy atom. The number of hydrogen-bond acceptors (Lipinski definition) is 3. The third-order valence-electron chi connectivity index (χ3n) is 3.78. The van der Waals surface area contributed by atoms with E-state index in [0.717, 1.165) is 31.6 Å². The number of hydrogen-bond donors (Lipinski definition) is 2. The third-order valence-corrected chi connectivity index (χ3v) is 3.78. The summed E-state index contributed by atoms with van der Waals surface area (Å²) in [7, 11) is 5.74. The standard InChI is InChI=1S/C14H30N4O.HI/c1-15-14(17-10-12-19-3)16-9-11-18(2)13-7-5-4-6-8-13;/h13H,4-12H2,1-3H3,(H2,15,16,17);1H. The van der Waals surface area contributed by atoms with E-state index in [-0.39, 0.29) is 24.0 Å². The van der Waals surface area contributed by atoms with E-state index in [1.54, 1.807) is 14.2 Å². The Hall–Kier alpha value is -0.0800. The van der Waals surface area contributed by atoms with Gasteiger partial charge in [-0.3, -0.25) is 4.99 Å². The fourth-order valence-electron chi connectivity index (χ4n) is 2.55. The van der Waals surface area contributed by atoms with Crippen molar-refractivity contribution in [3.05, 3.63) is 0 Å². The van der Waals surface area contributed by atoms with Gasteiger partial charge in [-0.1, -0.05) is 19.3 Å². The number of guanidine groups is 1. The summed E-state index contributed by atoms with van der Waals surface area (Å²) >= 11 is 0. The van der Waals surface area contributed by atoms with Crippen LogP contribution in [0.15, 0.2) is 4.99 Å². The van der Waals surface area contributed by atoms with E-state index in [1.807, 2.05) is 0 Å². The van der Waals surface area contributed by atoms with Crippen molar-refractivity contribution in [2.24, 2.45) is 4.99 Å². The molecule has 1 fully saturated rings. The van der Waals surface area contributed by atoms with E-state index in [9.17, 15) is 0 Å². The monoisotopic (exact) mass is 398 g/mol. The van der Waals surface area contributed by atoms with Crippen molar-refractivity contribution in [2.45, 2.75) is 38.1 Å². The molecule has 0 aliphatic heterocycles. The molecule has 0 heterocycles. The van der Waals surface area contributed by atoms with Gasteiger partial charge in [-0.15, -0.1) is 24.0 Å². The molecule has 0 saturated heterocycles. The number of ether oxygens (including phenoxy) is 1. The van der Waals surface area contributed by atoms with E-state index in [0.29, 0.717) is 6.61 Å². The van der Waals surface area contributed by atoms with Crippen molar-refractivity contribution in [3.63, 3.8) is 0 Å². The van der Waals surface area contributed by atoms with Gasteiger partial charge < -0.3 is 20.3 Å². The zero-order chi connectivity index (χ0) is 13.9. The Balaban J connectivity index is 0.00000361. The third kappa shape index (κ3) is 8.26. The van der Waals surface area contributed by atoms with E-state index in [1.165, 1.54) is 32.1 Å². The Bertz CT molecular complexity index is 258. The normalized spacial score (nSPS) is 16.9. The lowest BCUT2D eigenvalue weighted by atomic mass is 9.94. The lowest BCUT2D eigenvalue weighted by Crippen LogP contribution is -2.44. The molecule has 120 valence electrons. The smallest absolute Gasteiger partial charge is 0.191 e. The minimum atomic E-state index is 0. The van der Waals surface area contributed by atoms with Crippen LogP contribution < -0.4 is 10.6 Å². The predicted molar refractivity (Wildman–Crippen MR) is 96.2 cm³/mol. The fourth-order valence-corrected chi connectivity index (χ4v) is 2.55. The maximum atomic E-state index is 5.01. The number of rotatable bonds is 7. The van der Waals surface area contributed by atoms with Crippen LogP contribution in [0.4, 0.5) is 0 Å². The molecule has 0 unspecified atom stereocenters. The second-order valence-electron chi connectivity index (χ2n) is 5.19. The SMILES string of the molecule is CN=C(NCCOC)NCCN(C)C1CCCCC1.I. The summed E-state index contributed by atoms with van der Waals surface area (Å²) in [5.41, 5.74) is 0. The Morgan fingerprint density at radius 1 is 1.20 bits per heavy atom. The summed E-state index contributed by atoms with van der Waals surface area (Å²) < 4.78 is 5.01. The van der Waals surface area contributed by atoms with Gasteiger partial charge in [-0.05, 0) is 19.9 Å². The van der Waals surface area contributed by atoms with Gasteiger partial charge in [0.25, 0.3) is 0 Å². The highest BCUT2D eigenvalue weighted by atomic mass is 127. The average molecular weight is 398 g/mol. The summed E-state index contributed by atoms with van der Waals surface area (Å²) in [5.74, 6) is 0.856. The molecule has 6 heteroatoms. The minimum absolute atomic E-state index is 0. The summed E-state index contributed by atoms with van der Waals surface area (Å²) in [4.78, 5) is 6.67. The molecule has 1 saturated carbocycles. The Morgan fingerprint density at radius 3 is 2.45 bits per heavy atom. The molecule has 1 rings (SSSR count). The average Bonchev–Trinajstić information content (AvgIpc) is 2.46. The summed E-state index contributed by atoms with van der Waals surface area (Å²) in [5, 5.41) is 6.56. The number of aliphatic imine (C=N–C) groups is 1. The first-order valence-corrected chi connectivity index (χ1v) is 7.41. The van der Waals surface area contributed by atoms with Gasteiger partial charge in [0.15, 0.2) is 5.96 Å². The van der Waals surface area contributed by atoms with E-state index in [2.05, 4.69) is 27.6 Å². The topological polar surface area (TPSA) is 48.9 Å². The van der Waals surface area contributed by atoms with Crippen LogP contribution in [0.2, 0.25) is 0 Å². The molecule has 0 radical (unpaired) electrons. The maximum Gasteiger partial charge on any atom is 0.191 e. The van der Waals surface area contributed by atoms with Crippen LogP contribution in [-0.4, -0.2) is 64.3 Å². The zero-order valence-corrected chi connectivity index (χ0v) is 15.5. The predicted octanol–water partition coefficient (Wildman–Crippen LogP) is 1.68. The quantitative estimate of drug-likeness (QED) is 0.297. The highest BCUT2D eigenvalue weighted by Gasteiger charge is 2.17. The first-order valence-electron chi connectivity index (χ1n) is 7.41. The van der Waals surface area contributed by atoms with Crippen molar-refractivity contribution in [2.75, 3.05) is 47.4 Å². The summed E-state index contributed by atoms with van der Waals surface area (Å²) in [6.07, 6.45) is 6.92. The molecule has 1 aliphatic carbocycles. The van der Waals surface area contributed by atoms with Crippen molar-refractivity contribution < 1.29 is 4.74 Å². The number of halogens is 1. The van der Waals surface area contributed by atoms with Crippen LogP contribution >= 0.6 is 24.0 Å². The van der Waals surface area contributed by atoms with Gasteiger partial charge in [-0.25, -0.2) is 0 Å². The van der Waals surface area contributed by atoms with Crippen molar-refractivity contribution in [3.8, 4) is 0 Å². The molecule has 0 bridgehead atoms. The Labute approximate surface area is 140 Å². The van der Waals surface area contributed by atoms with E-state index in [4.69, 9.17) is 4.74 Å². The van der Waals surface area contributed by atoms with Gasteiger partial charge in [0.2, 0.25) is 0 Å². The molecule has 0 aromatic carbocycles. The van der Waals surface area contributed by atoms with Crippen LogP contribution in [-0.2, 0) is 4.74 Å². The lowest BCUT2D eigenvalue weighted by Gasteiger charge is -2.31. The van der Waals surface area contributed by atoms with Gasteiger partial charge in [0.05, 0.1) is 6.61 Å². The summed E-state index contributed by atoms with van der Waals surface area (Å²) in [6, 6.07) is 0.777. The van der Waals surface area contributed by atoms with Crippen LogP contribution in [0.3, 0.4) is 0 Å². The van der Waals surface area contributed by atoms with Crippen LogP contribution in [0.25, 0.3) is 0 Å². The fraction of sp³-hybridized carbons (Fsp3) is 0.929. The molecule has 0 amide bonds. The zero-order valence-electron chi connectivity index (χ0n) is 13.2. The number of nitrogens with one attached hydrogen (secondary N) is 2. The largest absolute Gasteiger partial charge is 0.383 e. The lowest BCUT2D eigenvalue weighted by molar-refractivity contribution is 0.194. The Kier molecular flexibility index (Phi) is 12.6. The molecular formula is C14H31IN4O. The molecule has 1 aliphatic rings. The van der Waals surface area contributed by atoms with Crippen LogP contribution in [0, 0.1) is 0 Å². The van der Waals surface area contributed by atoms with Crippen LogP contribution in [0.1, 0.15) is 32.1 Å². The van der Waals surface area contributed by atoms with Crippen LogP contribution in [0.5, 0.6) is 0 Å². The first kappa shape index (κ1) is 19.9. The second kappa shape index (κ2) is 12.6. The first-order chi connectivity index (χ1) is 9.27. The molecule has 0 aromatic rings. The van der Waals surface area contributed by atoms with Gasteiger partial charge in [0.1, 0.15) is 0 Å². The van der Waals surface area contributed by atoms with Gasteiger partial charge in [-0.2, -0.15) is 0 Å². The molecule has 0 atom stereocenters. The van der Waals surface area contributed by atoms with Gasteiger partial charge in [0, 0.05) is 39.8 Å². The highest BCUT2D eigenvalue weighted by Crippen LogP contribution is 2.21. The summed E-state index contributed by atoms with van der Waals surface area (Å²) in [6.45, 7) is 3.48. The van der Waals surface area contributed by atoms with Crippen molar-refractivity contribution in [1.82, 2.24) is 15.5 Å². The van der Waals surface area contributed by atoms with Crippen molar-refractivity contribution in [1.29, 1.82) is 0 Å². The minimum Gasteiger partial charge on any atom is -0.383 e.